The molecule has 90 valence electrons. The maximum absolute atomic E-state index is 10.8. The van der Waals surface area contributed by atoms with Crippen molar-refractivity contribution in [1.82, 2.24) is 5.32 Å². The summed E-state index contributed by atoms with van der Waals surface area (Å²) in [5.41, 5.74) is 0.261. The second-order valence-corrected chi connectivity index (χ2v) is 4.65. The molecule has 1 unspecified atom stereocenters. The number of carboxylic acid groups (broad SMARTS) is 1. The molecule has 1 saturated heterocycles. The fraction of sp³-hybridized carbons (Fsp3) is 0.273. The van der Waals surface area contributed by atoms with Gasteiger partial charge in [-0.2, -0.15) is 0 Å². The SMILES string of the molecule is O=C1NCC(CSc2cccc(C(=O)O)c2)O1. The molecule has 6 heteroatoms. The lowest BCUT2D eigenvalue weighted by atomic mass is 10.2. The van der Waals surface area contributed by atoms with Crippen LogP contribution in [-0.2, 0) is 4.74 Å². The molecule has 0 aliphatic carbocycles. The Balaban J connectivity index is 1.92. The quantitative estimate of drug-likeness (QED) is 0.797. The van der Waals surface area contributed by atoms with Crippen LogP contribution < -0.4 is 5.32 Å². The lowest BCUT2D eigenvalue weighted by Crippen LogP contribution is -2.16. The Bertz CT molecular complexity index is 449. The summed E-state index contributed by atoms with van der Waals surface area (Å²) in [6.07, 6.45) is -0.545. The summed E-state index contributed by atoms with van der Waals surface area (Å²) >= 11 is 1.47. The van der Waals surface area contributed by atoms with Crippen LogP contribution in [0.5, 0.6) is 0 Å². The Hall–Kier alpha value is -1.69. The Labute approximate surface area is 102 Å². The minimum atomic E-state index is -0.943. The zero-order valence-corrected chi connectivity index (χ0v) is 9.70. The van der Waals surface area contributed by atoms with Crippen molar-refractivity contribution in [3.63, 3.8) is 0 Å². The number of amides is 1. The van der Waals surface area contributed by atoms with Gasteiger partial charge in [0.25, 0.3) is 0 Å². The van der Waals surface area contributed by atoms with E-state index in [4.69, 9.17) is 9.84 Å². The highest BCUT2D eigenvalue weighted by atomic mass is 32.2. The first-order valence-electron chi connectivity index (χ1n) is 5.06. The van der Waals surface area contributed by atoms with Gasteiger partial charge in [-0.25, -0.2) is 9.59 Å². The smallest absolute Gasteiger partial charge is 0.407 e. The highest BCUT2D eigenvalue weighted by Crippen LogP contribution is 2.21. The molecule has 0 radical (unpaired) electrons. The van der Waals surface area contributed by atoms with E-state index < -0.39 is 12.1 Å². The van der Waals surface area contributed by atoms with Crippen LogP contribution in [0.4, 0.5) is 4.79 Å². The topological polar surface area (TPSA) is 75.6 Å². The van der Waals surface area contributed by atoms with E-state index in [2.05, 4.69) is 5.32 Å². The first kappa shape index (κ1) is 11.8. The summed E-state index contributed by atoms with van der Waals surface area (Å²) in [5.74, 6) is -0.330. The van der Waals surface area contributed by atoms with Crippen LogP contribution in [0.2, 0.25) is 0 Å². The number of nitrogens with one attached hydrogen (secondary N) is 1. The number of ether oxygens (including phenoxy) is 1. The van der Waals surface area contributed by atoms with E-state index in [1.54, 1.807) is 18.2 Å². The van der Waals surface area contributed by atoms with Crippen LogP contribution in [0.1, 0.15) is 10.4 Å². The van der Waals surface area contributed by atoms with Crippen LogP contribution in [0, 0.1) is 0 Å². The molecule has 1 aromatic rings. The number of rotatable bonds is 4. The molecule has 17 heavy (non-hydrogen) atoms. The van der Waals surface area contributed by atoms with E-state index in [1.165, 1.54) is 11.8 Å². The molecular formula is C11H11NO4S. The van der Waals surface area contributed by atoms with E-state index in [0.717, 1.165) is 4.90 Å². The number of benzene rings is 1. The number of cyclic esters (lactones) is 1. The Morgan fingerprint density at radius 1 is 1.59 bits per heavy atom. The predicted octanol–water partition coefficient (Wildman–Crippen LogP) is 1.59. The molecular weight excluding hydrogens is 242 g/mol. The van der Waals surface area contributed by atoms with Crippen LogP contribution >= 0.6 is 11.8 Å². The van der Waals surface area contributed by atoms with Gasteiger partial charge >= 0.3 is 12.1 Å². The van der Waals surface area contributed by atoms with Gasteiger partial charge in [-0.3, -0.25) is 0 Å². The molecule has 5 nitrogen and oxygen atoms in total. The third-order valence-electron chi connectivity index (χ3n) is 2.26. The van der Waals surface area contributed by atoms with Gasteiger partial charge in [0.2, 0.25) is 0 Å². The molecule has 2 N–H and O–H groups in total. The van der Waals surface area contributed by atoms with Crippen molar-refractivity contribution in [1.29, 1.82) is 0 Å². The summed E-state index contributed by atoms with van der Waals surface area (Å²) in [6.45, 7) is 0.504. The van der Waals surface area contributed by atoms with E-state index in [0.29, 0.717) is 12.3 Å². The molecule has 1 fully saturated rings. The normalized spacial score (nSPS) is 18.6. The van der Waals surface area contributed by atoms with Crippen molar-refractivity contribution in [2.45, 2.75) is 11.0 Å². The average Bonchev–Trinajstić information content (AvgIpc) is 2.73. The fourth-order valence-electron chi connectivity index (χ4n) is 1.43. The van der Waals surface area contributed by atoms with Crippen LogP contribution in [0.25, 0.3) is 0 Å². The highest BCUT2D eigenvalue weighted by molar-refractivity contribution is 7.99. The van der Waals surface area contributed by atoms with Gasteiger partial charge in [0.15, 0.2) is 0 Å². The second kappa shape index (κ2) is 5.09. The molecule has 1 heterocycles. The van der Waals surface area contributed by atoms with Gasteiger partial charge in [0.1, 0.15) is 6.10 Å². The molecule has 1 atom stereocenters. The van der Waals surface area contributed by atoms with Crippen molar-refractivity contribution < 1.29 is 19.4 Å². The highest BCUT2D eigenvalue weighted by Gasteiger charge is 2.22. The summed E-state index contributed by atoms with van der Waals surface area (Å²) in [4.78, 5) is 22.4. The third kappa shape index (κ3) is 3.13. The van der Waals surface area contributed by atoms with Gasteiger partial charge in [-0.1, -0.05) is 6.07 Å². The minimum Gasteiger partial charge on any atom is -0.478 e. The second-order valence-electron chi connectivity index (χ2n) is 3.55. The van der Waals surface area contributed by atoms with Gasteiger partial charge in [-0.05, 0) is 18.2 Å². The van der Waals surface area contributed by atoms with Gasteiger partial charge in [0, 0.05) is 10.6 Å². The molecule has 1 aliphatic heterocycles. The van der Waals surface area contributed by atoms with Crippen LogP contribution in [0.15, 0.2) is 29.2 Å². The first-order chi connectivity index (χ1) is 8.15. The Morgan fingerprint density at radius 2 is 2.41 bits per heavy atom. The van der Waals surface area contributed by atoms with Gasteiger partial charge in [-0.15, -0.1) is 11.8 Å². The van der Waals surface area contributed by atoms with E-state index in [9.17, 15) is 9.59 Å². The number of carbonyl (C=O) groups is 2. The lowest BCUT2D eigenvalue weighted by Gasteiger charge is -2.07. The molecule has 1 amide bonds. The molecule has 0 spiro atoms. The molecule has 2 rings (SSSR count). The molecule has 0 saturated carbocycles. The maximum atomic E-state index is 10.8. The summed E-state index contributed by atoms with van der Waals surface area (Å²) in [7, 11) is 0. The van der Waals surface area contributed by atoms with Crippen molar-refractivity contribution in [3.8, 4) is 0 Å². The minimum absolute atomic E-state index is 0.152. The predicted molar refractivity (Wildman–Crippen MR) is 62.4 cm³/mol. The number of carbonyl (C=O) groups excluding carboxylic acids is 1. The number of thioether (sulfide) groups is 1. The lowest BCUT2D eigenvalue weighted by molar-refractivity contribution is 0.0696. The molecule has 0 aromatic heterocycles. The molecule has 1 aliphatic rings. The van der Waals surface area contributed by atoms with Crippen molar-refractivity contribution in [2.24, 2.45) is 0 Å². The standard InChI is InChI=1S/C11H11NO4S/c13-10(14)7-2-1-3-9(4-7)17-6-8-5-12-11(15)16-8/h1-4,8H,5-6H2,(H,12,15)(H,13,14). The summed E-state index contributed by atoms with van der Waals surface area (Å²) in [6, 6.07) is 6.69. The average molecular weight is 253 g/mol. The van der Waals surface area contributed by atoms with E-state index >= 15 is 0 Å². The molecule has 0 bridgehead atoms. The fourth-order valence-corrected chi connectivity index (χ4v) is 2.38. The number of hydrogen-bond acceptors (Lipinski definition) is 4. The zero-order chi connectivity index (χ0) is 12.3. The van der Waals surface area contributed by atoms with Crippen molar-refractivity contribution in [3.05, 3.63) is 29.8 Å². The number of carboxylic acids is 1. The number of alkyl carbamates (subject to hydrolysis) is 1. The first-order valence-corrected chi connectivity index (χ1v) is 6.04. The van der Waals surface area contributed by atoms with Crippen molar-refractivity contribution >= 4 is 23.8 Å². The number of hydrogen-bond donors (Lipinski definition) is 2. The summed E-state index contributed by atoms with van der Waals surface area (Å²) < 4.78 is 4.97. The Kier molecular flexibility index (Phi) is 3.53. The van der Waals surface area contributed by atoms with Gasteiger partial charge < -0.3 is 15.2 Å². The number of aromatic carboxylic acids is 1. The van der Waals surface area contributed by atoms with Gasteiger partial charge in [0.05, 0.1) is 12.1 Å². The monoisotopic (exact) mass is 253 g/mol. The van der Waals surface area contributed by atoms with E-state index in [1.807, 2.05) is 6.07 Å². The third-order valence-corrected chi connectivity index (χ3v) is 3.39. The maximum Gasteiger partial charge on any atom is 0.407 e. The van der Waals surface area contributed by atoms with E-state index in [-0.39, 0.29) is 11.7 Å². The largest absolute Gasteiger partial charge is 0.478 e. The summed E-state index contributed by atoms with van der Waals surface area (Å²) in [5, 5.41) is 11.4. The van der Waals surface area contributed by atoms with Crippen molar-refractivity contribution in [2.75, 3.05) is 12.3 Å². The van der Waals surface area contributed by atoms with Crippen LogP contribution in [0.3, 0.4) is 0 Å². The zero-order valence-electron chi connectivity index (χ0n) is 8.88. The van der Waals surface area contributed by atoms with Crippen LogP contribution in [-0.4, -0.2) is 35.6 Å². The Morgan fingerprint density at radius 3 is 3.06 bits per heavy atom. The molecule has 1 aromatic carbocycles.